The summed E-state index contributed by atoms with van der Waals surface area (Å²) >= 11 is 6.28. The lowest BCUT2D eigenvalue weighted by Gasteiger charge is -2.06. The van der Waals surface area contributed by atoms with Crippen LogP contribution in [0.4, 0.5) is 0 Å². The number of aldehydes is 1. The number of halogens is 1. The van der Waals surface area contributed by atoms with Crippen LogP contribution >= 0.6 is 11.6 Å². The lowest BCUT2D eigenvalue weighted by molar-refractivity contribution is 0.112. The maximum absolute atomic E-state index is 10.8. The van der Waals surface area contributed by atoms with Gasteiger partial charge in [-0.3, -0.25) is 4.79 Å². The molecule has 0 fully saturated rings. The number of hydrogen-bond acceptors (Lipinski definition) is 2. The second-order valence-electron chi connectivity index (χ2n) is 4.25. The fourth-order valence-corrected chi connectivity index (χ4v) is 2.30. The molecule has 0 unspecified atom stereocenters. The van der Waals surface area contributed by atoms with Gasteiger partial charge in [0.2, 0.25) is 0 Å². The highest BCUT2D eigenvalue weighted by Gasteiger charge is 2.06. The molecule has 0 aliphatic carbocycles. The Morgan fingerprint density at radius 2 is 1.79 bits per heavy atom. The Balaban J connectivity index is 2.25. The van der Waals surface area contributed by atoms with E-state index in [1.807, 2.05) is 42.5 Å². The van der Waals surface area contributed by atoms with Crippen molar-refractivity contribution in [2.75, 3.05) is 0 Å². The lowest BCUT2D eigenvalue weighted by atomic mass is 10.1. The van der Waals surface area contributed by atoms with Crippen LogP contribution < -0.4 is 0 Å². The van der Waals surface area contributed by atoms with Gasteiger partial charge >= 0.3 is 0 Å². The average Bonchev–Trinajstić information content (AvgIpc) is 2.47. The molecule has 0 N–H and O–H groups in total. The molecule has 0 bridgehead atoms. The summed E-state index contributed by atoms with van der Waals surface area (Å²) < 4.78 is 0. The van der Waals surface area contributed by atoms with Crippen molar-refractivity contribution in [2.24, 2.45) is 0 Å². The Labute approximate surface area is 115 Å². The second kappa shape index (κ2) is 4.82. The maximum Gasteiger partial charge on any atom is 0.150 e. The summed E-state index contributed by atoms with van der Waals surface area (Å²) in [4.78, 5) is 15.4. The highest BCUT2D eigenvalue weighted by molar-refractivity contribution is 6.35. The summed E-state index contributed by atoms with van der Waals surface area (Å²) in [7, 11) is 0. The Bertz CT molecular complexity index is 753. The zero-order chi connectivity index (χ0) is 13.2. The monoisotopic (exact) mass is 267 g/mol. The minimum atomic E-state index is 0.598. The summed E-state index contributed by atoms with van der Waals surface area (Å²) in [5, 5.41) is 1.49. The SMILES string of the molecule is O=Cc1ccc2c(Cl)cc(-c3ccccc3)nc2c1. The average molecular weight is 268 g/mol. The number of pyridine rings is 1. The van der Waals surface area contributed by atoms with Crippen LogP contribution in [-0.2, 0) is 0 Å². The molecule has 92 valence electrons. The summed E-state index contributed by atoms with van der Waals surface area (Å²) in [6.45, 7) is 0. The van der Waals surface area contributed by atoms with Crippen LogP contribution in [0.5, 0.6) is 0 Å². The highest BCUT2D eigenvalue weighted by Crippen LogP contribution is 2.28. The van der Waals surface area contributed by atoms with E-state index in [-0.39, 0.29) is 0 Å². The minimum absolute atomic E-state index is 0.598. The van der Waals surface area contributed by atoms with E-state index in [1.165, 1.54) is 0 Å². The molecule has 2 aromatic carbocycles. The number of carbonyl (C=O) groups excluding carboxylic acids is 1. The third-order valence-electron chi connectivity index (χ3n) is 2.99. The van der Waals surface area contributed by atoms with Gasteiger partial charge in [-0.05, 0) is 12.1 Å². The van der Waals surface area contributed by atoms with Crippen molar-refractivity contribution >= 4 is 28.8 Å². The highest BCUT2D eigenvalue weighted by atomic mass is 35.5. The van der Waals surface area contributed by atoms with E-state index in [4.69, 9.17) is 11.6 Å². The van der Waals surface area contributed by atoms with Gasteiger partial charge in [0.1, 0.15) is 6.29 Å². The zero-order valence-electron chi connectivity index (χ0n) is 10.0. The molecule has 1 aromatic heterocycles. The minimum Gasteiger partial charge on any atom is -0.298 e. The number of nitrogens with zero attached hydrogens (tertiary/aromatic N) is 1. The van der Waals surface area contributed by atoms with Gasteiger partial charge in [-0.25, -0.2) is 4.98 Å². The molecule has 0 spiro atoms. The Kier molecular flexibility index (Phi) is 3.02. The van der Waals surface area contributed by atoms with E-state index in [0.29, 0.717) is 10.6 Å². The van der Waals surface area contributed by atoms with Gasteiger partial charge in [0.05, 0.1) is 16.2 Å². The van der Waals surface area contributed by atoms with E-state index in [0.717, 1.165) is 28.4 Å². The van der Waals surface area contributed by atoms with Crippen molar-refractivity contribution in [3.8, 4) is 11.3 Å². The number of hydrogen-bond donors (Lipinski definition) is 0. The quantitative estimate of drug-likeness (QED) is 0.646. The van der Waals surface area contributed by atoms with E-state index in [1.54, 1.807) is 12.1 Å². The number of carbonyl (C=O) groups is 1. The molecule has 0 aliphatic rings. The molecule has 3 rings (SSSR count). The van der Waals surface area contributed by atoms with E-state index < -0.39 is 0 Å². The van der Waals surface area contributed by atoms with Crippen molar-refractivity contribution in [3.05, 3.63) is 65.2 Å². The van der Waals surface area contributed by atoms with Gasteiger partial charge in [-0.2, -0.15) is 0 Å². The first-order valence-corrected chi connectivity index (χ1v) is 6.26. The summed E-state index contributed by atoms with van der Waals surface area (Å²) in [5.74, 6) is 0. The molecule has 0 aliphatic heterocycles. The molecule has 0 radical (unpaired) electrons. The third kappa shape index (κ3) is 2.23. The summed E-state index contributed by atoms with van der Waals surface area (Å²) in [6, 6.07) is 17.0. The first kappa shape index (κ1) is 11.9. The molecule has 0 saturated heterocycles. The molecule has 0 atom stereocenters. The topological polar surface area (TPSA) is 30.0 Å². The third-order valence-corrected chi connectivity index (χ3v) is 3.30. The fraction of sp³-hybridized carbons (Fsp3) is 0. The Hall–Kier alpha value is -2.19. The largest absolute Gasteiger partial charge is 0.298 e. The van der Waals surface area contributed by atoms with Gasteiger partial charge in [0.25, 0.3) is 0 Å². The fourth-order valence-electron chi connectivity index (χ4n) is 2.03. The number of fused-ring (bicyclic) bond motifs is 1. The molecular formula is C16H10ClNO. The van der Waals surface area contributed by atoms with Gasteiger partial charge < -0.3 is 0 Å². The number of aromatic nitrogens is 1. The Morgan fingerprint density at radius 3 is 2.53 bits per heavy atom. The van der Waals surface area contributed by atoms with Crippen LogP contribution in [0.25, 0.3) is 22.2 Å². The van der Waals surface area contributed by atoms with Gasteiger partial charge in [0.15, 0.2) is 0 Å². The van der Waals surface area contributed by atoms with Crippen LogP contribution in [0.2, 0.25) is 5.02 Å². The first-order valence-electron chi connectivity index (χ1n) is 5.89. The molecule has 3 aromatic rings. The normalized spacial score (nSPS) is 10.6. The molecule has 0 amide bonds. The molecule has 1 heterocycles. The summed E-state index contributed by atoms with van der Waals surface area (Å²) in [6.07, 6.45) is 0.810. The molecule has 3 heteroatoms. The van der Waals surface area contributed by atoms with Crippen LogP contribution in [0, 0.1) is 0 Å². The van der Waals surface area contributed by atoms with Crippen LogP contribution in [-0.4, -0.2) is 11.3 Å². The molecule has 0 saturated carbocycles. The lowest BCUT2D eigenvalue weighted by Crippen LogP contribution is -1.88. The van der Waals surface area contributed by atoms with Crippen molar-refractivity contribution in [1.29, 1.82) is 0 Å². The number of rotatable bonds is 2. The van der Waals surface area contributed by atoms with Crippen LogP contribution in [0.3, 0.4) is 0 Å². The van der Waals surface area contributed by atoms with Crippen molar-refractivity contribution in [1.82, 2.24) is 4.98 Å². The smallest absolute Gasteiger partial charge is 0.150 e. The van der Waals surface area contributed by atoms with E-state index in [2.05, 4.69) is 4.98 Å². The Morgan fingerprint density at radius 1 is 1.00 bits per heavy atom. The predicted octanol–water partition coefficient (Wildman–Crippen LogP) is 4.37. The number of benzene rings is 2. The maximum atomic E-state index is 10.8. The van der Waals surface area contributed by atoms with Gasteiger partial charge in [-0.15, -0.1) is 0 Å². The van der Waals surface area contributed by atoms with Crippen molar-refractivity contribution in [3.63, 3.8) is 0 Å². The van der Waals surface area contributed by atoms with E-state index in [9.17, 15) is 4.79 Å². The van der Waals surface area contributed by atoms with Crippen LogP contribution in [0.15, 0.2) is 54.6 Å². The standard InChI is InChI=1S/C16H10ClNO/c17-14-9-15(12-4-2-1-3-5-12)18-16-8-11(10-19)6-7-13(14)16/h1-10H. The molecule has 2 nitrogen and oxygen atoms in total. The summed E-state index contributed by atoms with van der Waals surface area (Å²) in [5.41, 5.74) is 3.14. The molecule has 19 heavy (non-hydrogen) atoms. The second-order valence-corrected chi connectivity index (χ2v) is 4.66. The van der Waals surface area contributed by atoms with Crippen LogP contribution in [0.1, 0.15) is 10.4 Å². The van der Waals surface area contributed by atoms with Crippen molar-refractivity contribution < 1.29 is 4.79 Å². The van der Waals surface area contributed by atoms with Crippen molar-refractivity contribution in [2.45, 2.75) is 0 Å². The van der Waals surface area contributed by atoms with Gasteiger partial charge in [0, 0.05) is 16.5 Å². The molecular weight excluding hydrogens is 258 g/mol. The predicted molar refractivity (Wildman–Crippen MR) is 77.6 cm³/mol. The first-order chi connectivity index (χ1) is 9.28. The van der Waals surface area contributed by atoms with Gasteiger partial charge in [-0.1, -0.05) is 54.1 Å². The van der Waals surface area contributed by atoms with E-state index >= 15 is 0 Å². The zero-order valence-corrected chi connectivity index (χ0v) is 10.8.